The maximum Gasteiger partial charge on any atom is 0.326 e. The number of carbonyl (C=O) groups is 2. The van der Waals surface area contributed by atoms with E-state index in [0.717, 1.165) is 42.6 Å². The summed E-state index contributed by atoms with van der Waals surface area (Å²) in [6.07, 6.45) is 7.25. The molecule has 142 valence electrons. The number of carboxylic acids is 1. The number of hydrogen-bond donors (Lipinski definition) is 1. The maximum absolute atomic E-state index is 12.8. The van der Waals surface area contributed by atoms with Crippen LogP contribution >= 0.6 is 0 Å². The Bertz CT molecular complexity index is 870. The van der Waals surface area contributed by atoms with Crippen LogP contribution in [-0.4, -0.2) is 44.3 Å². The molecule has 3 heterocycles. The lowest BCUT2D eigenvalue weighted by Gasteiger charge is -2.22. The third kappa shape index (κ3) is 3.23. The molecule has 1 amide bonds. The van der Waals surface area contributed by atoms with Gasteiger partial charge in [-0.2, -0.15) is 5.10 Å². The molecular weight excluding hydrogens is 346 g/mol. The van der Waals surface area contributed by atoms with Crippen LogP contribution in [-0.2, 0) is 16.1 Å². The van der Waals surface area contributed by atoms with Crippen LogP contribution in [0.15, 0.2) is 30.6 Å². The molecule has 1 aromatic heterocycles. The number of amides is 1. The number of benzene rings is 1. The second kappa shape index (κ2) is 7.15. The first-order chi connectivity index (χ1) is 13.1. The minimum absolute atomic E-state index is 0.0278. The lowest BCUT2D eigenvalue weighted by atomic mass is 10.0. The van der Waals surface area contributed by atoms with Crippen molar-refractivity contribution in [2.24, 2.45) is 0 Å². The lowest BCUT2D eigenvalue weighted by Crippen LogP contribution is -2.40. The molecule has 27 heavy (non-hydrogen) atoms. The Balaban J connectivity index is 1.58. The Kier molecular flexibility index (Phi) is 4.70. The first kappa shape index (κ1) is 17.7. The van der Waals surface area contributed by atoms with Crippen molar-refractivity contribution >= 4 is 11.9 Å². The number of ether oxygens (including phenoxy) is 1. The summed E-state index contributed by atoms with van der Waals surface area (Å²) in [4.78, 5) is 25.6. The number of carbonyl (C=O) groups excluding carboxylic acids is 1. The van der Waals surface area contributed by atoms with Gasteiger partial charge in [-0.05, 0) is 42.9 Å². The molecule has 0 spiro atoms. The van der Waals surface area contributed by atoms with E-state index < -0.39 is 12.0 Å². The van der Waals surface area contributed by atoms with Gasteiger partial charge in [0.05, 0.1) is 6.20 Å². The third-order valence-corrected chi connectivity index (χ3v) is 5.38. The van der Waals surface area contributed by atoms with Gasteiger partial charge in [-0.1, -0.05) is 19.1 Å². The van der Waals surface area contributed by atoms with E-state index in [9.17, 15) is 14.7 Å². The molecule has 0 saturated carbocycles. The normalized spacial score (nSPS) is 20.6. The van der Waals surface area contributed by atoms with Crippen LogP contribution in [0.3, 0.4) is 0 Å². The summed E-state index contributed by atoms with van der Waals surface area (Å²) in [7, 11) is 0. The van der Waals surface area contributed by atoms with Crippen LogP contribution in [0, 0.1) is 0 Å². The standard InChI is InChI=1S/C20H23N3O4/c1-2-17(20(25)26)22-11-14-7-6-13(9-16(14)19(22)24)15-10-21-23(12-15)18-5-3-4-8-27-18/h6-7,9-10,12,17-18H,2-5,8,11H2,1H3,(H,25,26). The molecule has 0 aliphatic carbocycles. The summed E-state index contributed by atoms with van der Waals surface area (Å²) in [6, 6.07) is 4.92. The van der Waals surface area contributed by atoms with E-state index in [-0.39, 0.29) is 12.1 Å². The van der Waals surface area contributed by atoms with E-state index in [1.807, 2.05) is 29.1 Å². The zero-order valence-corrected chi connectivity index (χ0v) is 15.3. The van der Waals surface area contributed by atoms with Crippen molar-refractivity contribution in [2.75, 3.05) is 6.61 Å². The maximum atomic E-state index is 12.8. The van der Waals surface area contributed by atoms with Crippen molar-refractivity contribution in [2.45, 2.75) is 51.4 Å². The second-order valence-corrected chi connectivity index (χ2v) is 7.10. The second-order valence-electron chi connectivity index (χ2n) is 7.10. The minimum Gasteiger partial charge on any atom is -0.480 e. The third-order valence-electron chi connectivity index (χ3n) is 5.38. The fourth-order valence-electron chi connectivity index (χ4n) is 3.86. The summed E-state index contributed by atoms with van der Waals surface area (Å²) in [5.41, 5.74) is 3.26. The van der Waals surface area contributed by atoms with Crippen LogP contribution < -0.4 is 0 Å². The van der Waals surface area contributed by atoms with Gasteiger partial charge in [0.25, 0.3) is 5.91 Å². The molecule has 2 atom stereocenters. The number of aromatic nitrogens is 2. The largest absolute Gasteiger partial charge is 0.480 e. The van der Waals surface area contributed by atoms with E-state index in [1.54, 1.807) is 13.1 Å². The Hall–Kier alpha value is -2.67. The average Bonchev–Trinajstić information content (AvgIpc) is 3.29. The first-order valence-electron chi connectivity index (χ1n) is 9.41. The van der Waals surface area contributed by atoms with Crippen molar-refractivity contribution in [3.05, 3.63) is 41.7 Å². The molecule has 2 aliphatic rings. The van der Waals surface area contributed by atoms with Gasteiger partial charge in [-0.3, -0.25) is 4.79 Å². The van der Waals surface area contributed by atoms with E-state index in [4.69, 9.17) is 4.74 Å². The Morgan fingerprint density at radius 2 is 2.22 bits per heavy atom. The average molecular weight is 369 g/mol. The zero-order valence-electron chi connectivity index (χ0n) is 15.3. The molecule has 0 bridgehead atoms. The quantitative estimate of drug-likeness (QED) is 0.875. The number of hydrogen-bond acceptors (Lipinski definition) is 4. The number of nitrogens with zero attached hydrogens (tertiary/aromatic N) is 3. The zero-order chi connectivity index (χ0) is 19.0. The van der Waals surface area contributed by atoms with E-state index >= 15 is 0 Å². The van der Waals surface area contributed by atoms with Gasteiger partial charge in [-0.15, -0.1) is 0 Å². The fraction of sp³-hybridized carbons (Fsp3) is 0.450. The van der Waals surface area contributed by atoms with Crippen molar-refractivity contribution in [1.29, 1.82) is 0 Å². The Morgan fingerprint density at radius 3 is 2.93 bits per heavy atom. The SMILES string of the molecule is CCC(C(=O)O)N1Cc2ccc(-c3cnn(C4CCCCO4)c3)cc2C1=O. The van der Waals surface area contributed by atoms with Crippen molar-refractivity contribution in [1.82, 2.24) is 14.7 Å². The molecule has 1 fully saturated rings. The van der Waals surface area contributed by atoms with Crippen LogP contribution in [0.25, 0.3) is 11.1 Å². The van der Waals surface area contributed by atoms with Crippen LogP contribution in [0.2, 0.25) is 0 Å². The highest BCUT2D eigenvalue weighted by Gasteiger charge is 2.35. The van der Waals surface area contributed by atoms with Gasteiger partial charge in [0.1, 0.15) is 12.3 Å². The molecule has 1 saturated heterocycles. The summed E-state index contributed by atoms with van der Waals surface area (Å²) in [5.74, 6) is -1.18. The number of carboxylic acid groups (broad SMARTS) is 1. The predicted molar refractivity (Wildman–Crippen MR) is 98.1 cm³/mol. The minimum atomic E-state index is -0.965. The Labute approximate surface area is 157 Å². The number of fused-ring (bicyclic) bond motifs is 1. The molecule has 7 nitrogen and oxygen atoms in total. The molecule has 2 unspecified atom stereocenters. The van der Waals surface area contributed by atoms with Gasteiger partial charge in [0.2, 0.25) is 0 Å². The van der Waals surface area contributed by atoms with E-state index in [1.165, 1.54) is 4.90 Å². The number of aliphatic carboxylic acids is 1. The number of rotatable bonds is 5. The van der Waals surface area contributed by atoms with Crippen molar-refractivity contribution < 1.29 is 19.4 Å². The smallest absolute Gasteiger partial charge is 0.326 e. The summed E-state index contributed by atoms with van der Waals surface area (Å²) < 4.78 is 7.60. The van der Waals surface area contributed by atoms with Gasteiger partial charge < -0.3 is 14.7 Å². The summed E-state index contributed by atoms with van der Waals surface area (Å²) in [5, 5.41) is 13.8. The van der Waals surface area contributed by atoms with Gasteiger partial charge in [0, 0.05) is 30.5 Å². The fourth-order valence-corrected chi connectivity index (χ4v) is 3.86. The highest BCUT2D eigenvalue weighted by molar-refractivity contribution is 6.01. The topological polar surface area (TPSA) is 84.7 Å². The van der Waals surface area contributed by atoms with Gasteiger partial charge in [-0.25, -0.2) is 9.48 Å². The summed E-state index contributed by atoms with van der Waals surface area (Å²) >= 11 is 0. The van der Waals surface area contributed by atoms with Crippen LogP contribution in [0.4, 0.5) is 0 Å². The molecule has 4 rings (SSSR count). The highest BCUT2D eigenvalue weighted by atomic mass is 16.5. The highest BCUT2D eigenvalue weighted by Crippen LogP contribution is 2.31. The van der Waals surface area contributed by atoms with Crippen LogP contribution in [0.5, 0.6) is 0 Å². The van der Waals surface area contributed by atoms with Crippen molar-refractivity contribution in [3.8, 4) is 11.1 Å². The molecule has 7 heteroatoms. The molecule has 0 radical (unpaired) electrons. The van der Waals surface area contributed by atoms with Gasteiger partial charge in [0.15, 0.2) is 0 Å². The molecule has 1 aromatic carbocycles. The van der Waals surface area contributed by atoms with Crippen molar-refractivity contribution in [3.63, 3.8) is 0 Å². The van der Waals surface area contributed by atoms with Gasteiger partial charge >= 0.3 is 5.97 Å². The molecule has 1 N–H and O–H groups in total. The van der Waals surface area contributed by atoms with Crippen LogP contribution in [0.1, 0.15) is 54.8 Å². The van der Waals surface area contributed by atoms with E-state index in [2.05, 4.69) is 5.10 Å². The molecular formula is C20H23N3O4. The Morgan fingerprint density at radius 1 is 1.37 bits per heavy atom. The monoisotopic (exact) mass is 369 g/mol. The first-order valence-corrected chi connectivity index (χ1v) is 9.41. The molecule has 2 aromatic rings. The van der Waals surface area contributed by atoms with E-state index in [0.29, 0.717) is 18.5 Å². The predicted octanol–water partition coefficient (Wildman–Crippen LogP) is 3.07. The molecule has 2 aliphatic heterocycles. The summed E-state index contributed by atoms with van der Waals surface area (Å²) in [6.45, 7) is 2.88. The lowest BCUT2D eigenvalue weighted by molar-refractivity contribution is -0.142.